The fourth-order valence-corrected chi connectivity index (χ4v) is 7.66. The Morgan fingerprint density at radius 1 is 0.500 bits per heavy atom. The molecule has 3 heteroatoms. The van der Waals surface area contributed by atoms with E-state index in [0.29, 0.717) is 0 Å². The summed E-state index contributed by atoms with van der Waals surface area (Å²) in [6, 6.07) is 48.7. The average Bonchev–Trinajstić information content (AvgIpc) is 3.93. The minimum atomic E-state index is 0.0968. The van der Waals surface area contributed by atoms with Gasteiger partial charge < -0.3 is 0 Å². The second-order valence-electron chi connectivity index (χ2n) is 19.8. The number of hydrogen-bond acceptors (Lipinski definition) is 0. The van der Waals surface area contributed by atoms with E-state index in [0.717, 1.165) is 22.9 Å². The molecule has 0 N–H and O–H groups in total. The zero-order chi connectivity index (χ0) is 45.9. The number of halogens is 2. The molecule has 0 atom stereocenters. The molecule has 6 aromatic carbocycles. The Hall–Kier alpha value is -3.87. The summed E-state index contributed by atoms with van der Waals surface area (Å²) in [5.41, 5.74) is 16.7. The Labute approximate surface area is 400 Å². The summed E-state index contributed by atoms with van der Waals surface area (Å²) >= 11 is 12.9. The SMILES string of the molecule is CC(C)(C)c1[c-]c2c(cc1C(C)(C)C)-c1cc(C(C)(C)C)c(C(C)(C)C)cc1C2.Clc1ccc(-c2cc[c-]cc2)cc1.Clc1ccc(-c2cc[c-]cc2)cc1.[C-]1=CC=CC1.[CH2]=[Zr]. The van der Waals surface area contributed by atoms with E-state index >= 15 is 0 Å². The standard InChI is InChI=1S/C29H41.2C12H8Cl.C5H5.CH2.Zr/c1-26(2,3)22-14-18-13-19-15-23(27(4,5)6)25(29(10,11)12)17-21(19)20(18)16-24(22)28(7,8)9;2*13-12-8-6-11(7-9-12)10-4-2-1-3-5-10;1-2-4-5-3-1;;/h14,16-17H,13H2,1-12H3;2*2-9H;1-3H,4H2;1H2;/q4*-1;;. The summed E-state index contributed by atoms with van der Waals surface area (Å²) in [7, 11) is 0. The van der Waals surface area contributed by atoms with Crippen LogP contribution in [-0.4, -0.2) is 4.21 Å². The molecule has 322 valence electrons. The third kappa shape index (κ3) is 14.3. The number of fused-ring (bicyclic) bond motifs is 3. The van der Waals surface area contributed by atoms with Gasteiger partial charge in [0.2, 0.25) is 0 Å². The van der Waals surface area contributed by atoms with Gasteiger partial charge in [0.15, 0.2) is 0 Å². The Bertz CT molecular complexity index is 2220. The third-order valence-corrected chi connectivity index (χ3v) is 11.1. The monoisotopic (exact) mass is 932 g/mol. The van der Waals surface area contributed by atoms with Gasteiger partial charge in [-0.25, -0.2) is 12.2 Å². The van der Waals surface area contributed by atoms with Crippen molar-refractivity contribution in [2.45, 2.75) is 118 Å². The average molecular weight is 935 g/mol. The number of hydrogen-bond donors (Lipinski definition) is 0. The Morgan fingerprint density at radius 3 is 1.26 bits per heavy atom. The second-order valence-corrected chi connectivity index (χ2v) is 20.6. The zero-order valence-electron chi connectivity index (χ0n) is 39.1. The van der Waals surface area contributed by atoms with Gasteiger partial charge in [-0.2, -0.15) is 84.4 Å². The van der Waals surface area contributed by atoms with Crippen LogP contribution in [0.3, 0.4) is 0 Å². The van der Waals surface area contributed by atoms with Crippen LogP contribution < -0.4 is 0 Å². The molecular weight excluding hydrogens is 871 g/mol. The van der Waals surface area contributed by atoms with Gasteiger partial charge in [-0.3, -0.25) is 6.08 Å². The van der Waals surface area contributed by atoms with Crippen LogP contribution in [0.25, 0.3) is 33.4 Å². The van der Waals surface area contributed by atoms with Crippen molar-refractivity contribution >= 4 is 27.4 Å². The van der Waals surface area contributed by atoms with E-state index in [1.54, 1.807) is 0 Å². The topological polar surface area (TPSA) is 0 Å². The Kier molecular flexibility index (Phi) is 18.1. The molecular formula is C59H64Cl2Zr-4. The van der Waals surface area contributed by atoms with E-state index < -0.39 is 0 Å². The maximum absolute atomic E-state index is 5.79. The molecule has 0 heterocycles. The molecule has 0 nitrogen and oxygen atoms in total. The molecule has 0 saturated heterocycles. The van der Waals surface area contributed by atoms with E-state index in [-0.39, 0.29) is 21.7 Å². The second kappa shape index (κ2) is 22.2. The van der Waals surface area contributed by atoms with Crippen molar-refractivity contribution in [2.75, 3.05) is 0 Å². The molecule has 0 unspecified atom stereocenters. The molecule has 62 heavy (non-hydrogen) atoms. The van der Waals surface area contributed by atoms with E-state index in [1.807, 2.05) is 109 Å². The van der Waals surface area contributed by atoms with Gasteiger partial charge in [0, 0.05) is 10.0 Å². The molecule has 2 aliphatic rings. The van der Waals surface area contributed by atoms with E-state index in [2.05, 4.69) is 136 Å². The zero-order valence-corrected chi connectivity index (χ0v) is 43.0. The predicted molar refractivity (Wildman–Crippen MR) is 268 cm³/mol. The Balaban J connectivity index is 0.000000210. The quantitative estimate of drug-likeness (QED) is 0.152. The Morgan fingerprint density at radius 2 is 0.903 bits per heavy atom. The molecule has 0 saturated carbocycles. The van der Waals surface area contributed by atoms with Gasteiger partial charge in [-0.05, 0) is 74.7 Å². The molecule has 0 spiro atoms. The number of rotatable bonds is 2. The molecule has 0 amide bonds. The summed E-state index contributed by atoms with van der Waals surface area (Å²) in [6.45, 7) is 28.0. The fraction of sp³-hybridized carbons (Fsp3) is 0.305. The van der Waals surface area contributed by atoms with Crippen LogP contribution in [-0.2, 0) is 52.3 Å². The first kappa shape index (κ1) is 50.8. The maximum atomic E-state index is 5.79. The summed E-state index contributed by atoms with van der Waals surface area (Å²) in [4.78, 5) is 0. The van der Waals surface area contributed by atoms with Crippen molar-refractivity contribution in [3.05, 3.63) is 201 Å². The minimum absolute atomic E-state index is 0.0968. The number of benzene rings is 6. The van der Waals surface area contributed by atoms with Crippen molar-refractivity contribution in [1.82, 2.24) is 0 Å². The molecule has 0 bridgehead atoms. The molecule has 0 aromatic heterocycles. The van der Waals surface area contributed by atoms with Crippen LogP contribution in [0.2, 0.25) is 10.0 Å². The molecule has 2 aliphatic carbocycles. The molecule has 8 rings (SSSR count). The van der Waals surface area contributed by atoms with Crippen LogP contribution >= 0.6 is 23.2 Å². The van der Waals surface area contributed by atoms with Crippen LogP contribution in [0, 0.1) is 24.3 Å². The van der Waals surface area contributed by atoms with Crippen LogP contribution in [0.5, 0.6) is 0 Å². The van der Waals surface area contributed by atoms with Gasteiger partial charge in [-0.1, -0.05) is 154 Å². The first-order valence-corrected chi connectivity index (χ1v) is 23.9. The van der Waals surface area contributed by atoms with Crippen molar-refractivity contribution in [2.24, 2.45) is 0 Å². The van der Waals surface area contributed by atoms with Crippen molar-refractivity contribution in [3.63, 3.8) is 0 Å². The van der Waals surface area contributed by atoms with Gasteiger partial charge in [0.1, 0.15) is 0 Å². The molecule has 0 fully saturated rings. The fourth-order valence-electron chi connectivity index (χ4n) is 7.41. The first-order chi connectivity index (χ1) is 29.1. The summed E-state index contributed by atoms with van der Waals surface area (Å²) < 4.78 is 3.34. The van der Waals surface area contributed by atoms with E-state index in [4.69, 9.17) is 23.2 Å². The van der Waals surface area contributed by atoms with Crippen molar-refractivity contribution < 1.29 is 24.2 Å². The predicted octanol–water partition coefficient (Wildman–Crippen LogP) is 17.1. The van der Waals surface area contributed by atoms with Gasteiger partial charge in [0.05, 0.1) is 0 Å². The normalized spacial score (nSPS) is 12.5. The van der Waals surface area contributed by atoms with E-state index in [1.165, 1.54) is 91.0 Å². The van der Waals surface area contributed by atoms with Gasteiger partial charge in [-0.15, -0.1) is 34.2 Å². The first-order valence-electron chi connectivity index (χ1n) is 21.4. The van der Waals surface area contributed by atoms with Crippen LogP contribution in [0.4, 0.5) is 0 Å². The molecule has 0 aliphatic heterocycles. The van der Waals surface area contributed by atoms with Crippen LogP contribution in [0.1, 0.15) is 123 Å². The van der Waals surface area contributed by atoms with Gasteiger partial charge >= 0.3 is 28.4 Å². The molecule has 6 aromatic rings. The van der Waals surface area contributed by atoms with Crippen molar-refractivity contribution in [1.29, 1.82) is 0 Å². The van der Waals surface area contributed by atoms with Gasteiger partial charge in [0.25, 0.3) is 0 Å². The van der Waals surface area contributed by atoms with Crippen molar-refractivity contribution in [3.8, 4) is 33.4 Å². The van der Waals surface area contributed by atoms with Crippen LogP contribution in [0.15, 0.2) is 133 Å². The third-order valence-electron chi connectivity index (χ3n) is 10.6. The summed E-state index contributed by atoms with van der Waals surface area (Å²) in [6.07, 6.45) is 11.0. The number of allylic oxidation sites excluding steroid dienone is 4. The summed E-state index contributed by atoms with van der Waals surface area (Å²) in [5, 5.41) is 1.54. The van der Waals surface area contributed by atoms with E-state index in [9.17, 15) is 0 Å². The molecule has 0 radical (unpaired) electrons. The summed E-state index contributed by atoms with van der Waals surface area (Å²) in [5.74, 6) is 0.